The zero-order valence-electron chi connectivity index (χ0n) is 12.1. The van der Waals surface area contributed by atoms with Crippen LogP contribution in [0.25, 0.3) is 0 Å². The topological polar surface area (TPSA) is 50.7 Å². The van der Waals surface area contributed by atoms with Crippen LogP contribution in [0.5, 0.6) is 5.75 Å². The van der Waals surface area contributed by atoms with Crippen molar-refractivity contribution in [1.29, 1.82) is 0 Å². The summed E-state index contributed by atoms with van der Waals surface area (Å²) in [5.74, 6) is 0.0858. The van der Waals surface area contributed by atoms with E-state index in [1.54, 1.807) is 49.4 Å². The van der Waals surface area contributed by atoms with Crippen LogP contribution < -0.4 is 10.2 Å². The van der Waals surface area contributed by atoms with E-state index in [4.69, 9.17) is 39.5 Å². The number of carbonyl (C=O) groups is 1. The Morgan fingerprint density at radius 2 is 1.83 bits per heavy atom. The van der Waals surface area contributed by atoms with E-state index in [9.17, 15) is 4.79 Å². The first kappa shape index (κ1) is 17.6. The first-order valence-corrected chi connectivity index (χ1v) is 7.80. The molecule has 120 valence electrons. The van der Waals surface area contributed by atoms with Gasteiger partial charge in [0, 0.05) is 10.6 Å². The lowest BCUT2D eigenvalue weighted by molar-refractivity contribution is -0.127. The summed E-state index contributed by atoms with van der Waals surface area (Å²) in [6.07, 6.45) is 0.640. The fraction of sp³-hybridized carbons (Fsp3) is 0.125. The Morgan fingerprint density at radius 1 is 1.17 bits per heavy atom. The number of benzene rings is 2. The first-order valence-electron chi connectivity index (χ1n) is 6.66. The third-order valence-corrected chi connectivity index (χ3v) is 3.74. The van der Waals surface area contributed by atoms with E-state index in [0.29, 0.717) is 26.4 Å². The summed E-state index contributed by atoms with van der Waals surface area (Å²) in [7, 11) is 0. The van der Waals surface area contributed by atoms with Crippen LogP contribution in [0.1, 0.15) is 12.5 Å². The minimum atomic E-state index is -0.743. The largest absolute Gasteiger partial charge is 0.481 e. The number of rotatable bonds is 5. The van der Waals surface area contributed by atoms with Crippen molar-refractivity contribution in [3.05, 3.63) is 63.1 Å². The monoisotopic (exact) mass is 370 g/mol. The van der Waals surface area contributed by atoms with Gasteiger partial charge in [0.15, 0.2) is 6.10 Å². The average molecular weight is 372 g/mol. The Balaban J connectivity index is 1.95. The predicted octanol–water partition coefficient (Wildman–Crippen LogP) is 4.56. The number of amides is 1. The molecule has 1 N–H and O–H groups in total. The van der Waals surface area contributed by atoms with Crippen molar-refractivity contribution < 1.29 is 9.53 Å². The minimum absolute atomic E-state index is 0.413. The molecule has 1 unspecified atom stereocenters. The third kappa shape index (κ3) is 5.13. The van der Waals surface area contributed by atoms with Gasteiger partial charge in [-0.2, -0.15) is 5.10 Å². The summed E-state index contributed by atoms with van der Waals surface area (Å²) in [5, 5.41) is 5.26. The van der Waals surface area contributed by atoms with Gasteiger partial charge in [-0.05, 0) is 37.3 Å². The zero-order valence-corrected chi connectivity index (χ0v) is 14.4. The van der Waals surface area contributed by atoms with Crippen molar-refractivity contribution in [2.45, 2.75) is 13.0 Å². The van der Waals surface area contributed by atoms with E-state index in [1.807, 2.05) is 0 Å². The van der Waals surface area contributed by atoms with Crippen LogP contribution in [0.15, 0.2) is 47.6 Å². The summed E-state index contributed by atoms with van der Waals surface area (Å²) < 4.78 is 5.48. The Kier molecular flexibility index (Phi) is 6.28. The van der Waals surface area contributed by atoms with Crippen molar-refractivity contribution in [3.8, 4) is 5.75 Å². The van der Waals surface area contributed by atoms with Gasteiger partial charge in [0.25, 0.3) is 5.91 Å². The van der Waals surface area contributed by atoms with Crippen molar-refractivity contribution >= 4 is 46.9 Å². The Hall–Kier alpha value is -1.75. The molecule has 2 aromatic carbocycles. The number of halogens is 3. The Bertz CT molecular complexity index is 715. The van der Waals surface area contributed by atoms with Gasteiger partial charge in [-0.15, -0.1) is 0 Å². The highest BCUT2D eigenvalue weighted by atomic mass is 35.5. The summed E-state index contributed by atoms with van der Waals surface area (Å²) in [5.41, 5.74) is 2.90. The lowest BCUT2D eigenvalue weighted by Crippen LogP contribution is -2.33. The Labute approximate surface area is 149 Å². The molecule has 23 heavy (non-hydrogen) atoms. The van der Waals surface area contributed by atoms with E-state index in [2.05, 4.69) is 10.5 Å². The molecule has 0 radical (unpaired) electrons. The van der Waals surface area contributed by atoms with Crippen LogP contribution in [0.4, 0.5) is 0 Å². The number of carbonyl (C=O) groups excluding carboxylic acids is 1. The van der Waals surface area contributed by atoms with Crippen LogP contribution >= 0.6 is 34.8 Å². The third-order valence-electron chi connectivity index (χ3n) is 2.85. The van der Waals surface area contributed by atoms with Gasteiger partial charge in [0.05, 0.1) is 16.3 Å². The molecule has 2 rings (SSSR count). The first-order chi connectivity index (χ1) is 11.0. The Morgan fingerprint density at radius 3 is 2.48 bits per heavy atom. The summed E-state index contributed by atoms with van der Waals surface area (Å²) in [6, 6.07) is 11.9. The molecule has 7 heteroatoms. The molecule has 0 aliphatic carbocycles. The molecule has 0 aliphatic rings. The molecule has 1 amide bonds. The van der Waals surface area contributed by atoms with Crippen LogP contribution in [0.2, 0.25) is 15.1 Å². The lowest BCUT2D eigenvalue weighted by atomic mass is 10.2. The van der Waals surface area contributed by atoms with Crippen LogP contribution in [-0.4, -0.2) is 18.2 Å². The van der Waals surface area contributed by atoms with Crippen molar-refractivity contribution in [2.75, 3.05) is 0 Å². The smallest absolute Gasteiger partial charge is 0.280 e. The van der Waals surface area contributed by atoms with Gasteiger partial charge in [0.2, 0.25) is 0 Å². The maximum Gasteiger partial charge on any atom is 0.280 e. The van der Waals surface area contributed by atoms with E-state index < -0.39 is 12.0 Å². The van der Waals surface area contributed by atoms with E-state index >= 15 is 0 Å². The molecule has 0 saturated heterocycles. The molecular weight excluding hydrogens is 359 g/mol. The number of nitrogens with zero attached hydrogens (tertiary/aromatic N) is 1. The number of hydrogen-bond donors (Lipinski definition) is 1. The van der Waals surface area contributed by atoms with E-state index in [1.165, 1.54) is 6.21 Å². The van der Waals surface area contributed by atoms with Gasteiger partial charge >= 0.3 is 0 Å². The number of hydrazone groups is 1. The predicted molar refractivity (Wildman–Crippen MR) is 93.7 cm³/mol. The summed E-state index contributed by atoms with van der Waals surface area (Å²) >= 11 is 17.9. The summed E-state index contributed by atoms with van der Waals surface area (Å²) in [4.78, 5) is 11.9. The second kappa shape index (κ2) is 8.20. The van der Waals surface area contributed by atoms with Crippen LogP contribution in [0, 0.1) is 0 Å². The van der Waals surface area contributed by atoms with Gasteiger partial charge in [-0.3, -0.25) is 4.79 Å². The van der Waals surface area contributed by atoms with Crippen LogP contribution in [-0.2, 0) is 4.79 Å². The highest BCUT2D eigenvalue weighted by molar-refractivity contribution is 6.38. The standard InChI is InChI=1S/C16H13Cl3N2O2/c1-10(23-12-5-2-4-11(17)8-12)16(22)21-20-9-13-14(18)6-3-7-15(13)19/h2-10H,1H3,(H,21,22). The molecule has 0 aliphatic heterocycles. The van der Waals surface area contributed by atoms with Gasteiger partial charge in [-0.1, -0.05) is 46.9 Å². The lowest BCUT2D eigenvalue weighted by Gasteiger charge is -2.13. The molecule has 0 saturated carbocycles. The molecule has 0 bridgehead atoms. The molecule has 4 nitrogen and oxygen atoms in total. The highest BCUT2D eigenvalue weighted by Gasteiger charge is 2.14. The van der Waals surface area contributed by atoms with Crippen LogP contribution in [0.3, 0.4) is 0 Å². The number of ether oxygens (including phenoxy) is 1. The summed E-state index contributed by atoms with van der Waals surface area (Å²) in [6.45, 7) is 1.61. The molecule has 0 heterocycles. The van der Waals surface area contributed by atoms with E-state index in [0.717, 1.165) is 0 Å². The van der Waals surface area contributed by atoms with Gasteiger partial charge in [0.1, 0.15) is 5.75 Å². The van der Waals surface area contributed by atoms with Gasteiger partial charge in [-0.25, -0.2) is 5.43 Å². The molecule has 2 aromatic rings. The zero-order chi connectivity index (χ0) is 16.8. The fourth-order valence-electron chi connectivity index (χ4n) is 1.68. The van der Waals surface area contributed by atoms with Gasteiger partial charge < -0.3 is 4.74 Å². The maximum absolute atomic E-state index is 11.9. The van der Waals surface area contributed by atoms with Crippen molar-refractivity contribution in [2.24, 2.45) is 5.10 Å². The SMILES string of the molecule is CC(Oc1cccc(Cl)c1)C(=O)NN=Cc1c(Cl)cccc1Cl. The molecule has 0 fully saturated rings. The normalized spacial score (nSPS) is 12.2. The average Bonchev–Trinajstić information content (AvgIpc) is 2.50. The molecular formula is C16H13Cl3N2O2. The molecule has 0 aromatic heterocycles. The number of nitrogens with one attached hydrogen (secondary N) is 1. The molecule has 1 atom stereocenters. The minimum Gasteiger partial charge on any atom is -0.481 e. The second-order valence-electron chi connectivity index (χ2n) is 4.59. The van der Waals surface area contributed by atoms with Crippen molar-refractivity contribution in [3.63, 3.8) is 0 Å². The fourth-order valence-corrected chi connectivity index (χ4v) is 2.36. The second-order valence-corrected chi connectivity index (χ2v) is 5.84. The number of hydrogen-bond acceptors (Lipinski definition) is 3. The van der Waals surface area contributed by atoms with Crippen molar-refractivity contribution in [1.82, 2.24) is 5.43 Å². The molecule has 0 spiro atoms. The highest BCUT2D eigenvalue weighted by Crippen LogP contribution is 2.22. The maximum atomic E-state index is 11.9. The quantitative estimate of drug-likeness (QED) is 0.618. The van der Waals surface area contributed by atoms with E-state index in [-0.39, 0.29) is 0 Å².